The van der Waals surface area contributed by atoms with E-state index in [0.717, 1.165) is 6.42 Å². The zero-order valence-electron chi connectivity index (χ0n) is 3.57. The Hall–Kier alpha value is 1.53. The van der Waals surface area contributed by atoms with Crippen LogP contribution in [0.15, 0.2) is 0 Å². The van der Waals surface area contributed by atoms with Crippen LogP contribution in [0, 0.1) is 6.92 Å². The SMILES string of the molecule is [Ba+2].[CH2-]CC.[OH-]. The van der Waals surface area contributed by atoms with Gasteiger partial charge in [-0.1, -0.05) is 6.92 Å². The van der Waals surface area contributed by atoms with Crippen molar-refractivity contribution < 1.29 is 5.48 Å². The van der Waals surface area contributed by atoms with Crippen LogP contribution < -0.4 is 0 Å². The molecule has 0 aromatic heterocycles. The molecule has 0 aliphatic heterocycles. The molecule has 28 valence electrons. The minimum absolute atomic E-state index is 0. The van der Waals surface area contributed by atoms with E-state index in [-0.39, 0.29) is 54.4 Å². The molecule has 0 saturated carbocycles. The molecular formula is C3H8BaO. The summed E-state index contributed by atoms with van der Waals surface area (Å²) >= 11 is 0. The third-order valence-electron chi connectivity index (χ3n) is 0. The molecule has 0 atom stereocenters. The zero-order valence-corrected chi connectivity index (χ0v) is 8.01. The van der Waals surface area contributed by atoms with Gasteiger partial charge in [0.1, 0.15) is 0 Å². The van der Waals surface area contributed by atoms with Crippen LogP contribution in [0.3, 0.4) is 0 Å². The van der Waals surface area contributed by atoms with E-state index in [2.05, 4.69) is 6.92 Å². The van der Waals surface area contributed by atoms with Crippen LogP contribution in [-0.4, -0.2) is 54.4 Å². The third-order valence-corrected chi connectivity index (χ3v) is 0. The molecule has 0 saturated heterocycles. The van der Waals surface area contributed by atoms with Crippen LogP contribution in [0.4, 0.5) is 0 Å². The largest absolute Gasteiger partial charge is 2.00 e. The quantitative estimate of drug-likeness (QED) is 0.415. The second kappa shape index (κ2) is 17.7. The van der Waals surface area contributed by atoms with Gasteiger partial charge in [0.15, 0.2) is 0 Å². The molecule has 0 amide bonds. The van der Waals surface area contributed by atoms with E-state index in [1.54, 1.807) is 0 Å². The molecule has 0 radical (unpaired) electrons. The summed E-state index contributed by atoms with van der Waals surface area (Å²) in [5.41, 5.74) is 0. The summed E-state index contributed by atoms with van der Waals surface area (Å²) in [6, 6.07) is 0. The fraction of sp³-hybridized carbons (Fsp3) is 0.667. The van der Waals surface area contributed by atoms with Gasteiger partial charge in [-0.3, -0.25) is 0 Å². The monoisotopic (exact) mass is 198 g/mol. The Morgan fingerprint density at radius 1 is 1.60 bits per heavy atom. The van der Waals surface area contributed by atoms with Gasteiger partial charge in [-0.25, -0.2) is 0 Å². The van der Waals surface area contributed by atoms with Crippen molar-refractivity contribution in [2.75, 3.05) is 0 Å². The minimum Gasteiger partial charge on any atom is -0.870 e. The molecule has 0 rings (SSSR count). The van der Waals surface area contributed by atoms with Gasteiger partial charge in [-0.15, -0.1) is 0 Å². The normalized spacial score (nSPS) is 3.60. The molecule has 0 heterocycles. The average molecular weight is 197 g/mol. The van der Waals surface area contributed by atoms with Gasteiger partial charge in [-0.2, -0.15) is 6.42 Å². The molecule has 5 heavy (non-hydrogen) atoms. The zero-order chi connectivity index (χ0) is 2.71. The van der Waals surface area contributed by atoms with Gasteiger partial charge in [-0.05, 0) is 0 Å². The van der Waals surface area contributed by atoms with Crippen molar-refractivity contribution in [3.05, 3.63) is 6.92 Å². The van der Waals surface area contributed by atoms with Crippen LogP contribution in [0.5, 0.6) is 0 Å². The maximum absolute atomic E-state index is 3.49. The van der Waals surface area contributed by atoms with Crippen molar-refractivity contribution in [1.29, 1.82) is 0 Å². The Morgan fingerprint density at radius 3 is 1.60 bits per heavy atom. The summed E-state index contributed by atoms with van der Waals surface area (Å²) < 4.78 is 0. The van der Waals surface area contributed by atoms with E-state index in [0.29, 0.717) is 0 Å². The first kappa shape index (κ1) is 16.0. The van der Waals surface area contributed by atoms with Crippen LogP contribution in [0.25, 0.3) is 0 Å². The van der Waals surface area contributed by atoms with E-state index in [1.807, 2.05) is 6.92 Å². The average Bonchev–Trinajstić information content (AvgIpc) is 0.918. The summed E-state index contributed by atoms with van der Waals surface area (Å²) in [4.78, 5) is 0. The molecule has 0 spiro atoms. The van der Waals surface area contributed by atoms with Gasteiger partial charge >= 0.3 is 48.9 Å². The topological polar surface area (TPSA) is 30.0 Å². The molecule has 0 aliphatic rings. The Kier molecular flexibility index (Phi) is 56.8. The Bertz CT molecular complexity index is 6.85. The van der Waals surface area contributed by atoms with Gasteiger partial charge in [0.05, 0.1) is 0 Å². The minimum atomic E-state index is 0. The fourth-order valence-electron chi connectivity index (χ4n) is 0. The first-order chi connectivity index (χ1) is 1.41. The molecular weight excluding hydrogens is 189 g/mol. The molecule has 0 aromatic rings. The molecule has 0 aliphatic carbocycles. The Balaban J connectivity index is -0.0000000200. The van der Waals surface area contributed by atoms with E-state index in [4.69, 9.17) is 0 Å². The van der Waals surface area contributed by atoms with Crippen molar-refractivity contribution >= 4 is 48.9 Å². The summed E-state index contributed by atoms with van der Waals surface area (Å²) in [5, 5.41) is 0. The number of hydrogen-bond acceptors (Lipinski definition) is 1. The van der Waals surface area contributed by atoms with Crippen LogP contribution >= 0.6 is 0 Å². The fourth-order valence-corrected chi connectivity index (χ4v) is 0. The van der Waals surface area contributed by atoms with E-state index in [1.165, 1.54) is 0 Å². The maximum Gasteiger partial charge on any atom is 2.00 e. The molecule has 1 N–H and O–H groups in total. The molecule has 0 bridgehead atoms. The summed E-state index contributed by atoms with van der Waals surface area (Å²) in [6.45, 7) is 5.50. The predicted molar refractivity (Wildman–Crippen MR) is 23.3 cm³/mol. The van der Waals surface area contributed by atoms with Crippen molar-refractivity contribution in [1.82, 2.24) is 0 Å². The third kappa shape index (κ3) is 29.4. The summed E-state index contributed by atoms with van der Waals surface area (Å²) in [6.07, 6.45) is 1.00. The number of hydrogen-bond donors (Lipinski definition) is 0. The van der Waals surface area contributed by atoms with Crippen molar-refractivity contribution in [3.8, 4) is 0 Å². The Morgan fingerprint density at radius 2 is 1.60 bits per heavy atom. The summed E-state index contributed by atoms with van der Waals surface area (Å²) in [7, 11) is 0. The first-order valence-electron chi connectivity index (χ1n) is 1.21. The van der Waals surface area contributed by atoms with E-state index in [9.17, 15) is 0 Å². The van der Waals surface area contributed by atoms with Crippen LogP contribution in [0.2, 0.25) is 0 Å². The smallest absolute Gasteiger partial charge is 0.870 e. The molecule has 0 aromatic carbocycles. The standard InChI is InChI=1S/C3H7.Ba.H2O/c1-3-2;;/h1,3H2,2H3;;1H2/q-1;+2;/p-1. The molecule has 0 unspecified atom stereocenters. The molecule has 1 nitrogen and oxygen atoms in total. The van der Waals surface area contributed by atoms with Gasteiger partial charge in [0.2, 0.25) is 0 Å². The second-order valence-electron chi connectivity index (χ2n) is 0.500. The van der Waals surface area contributed by atoms with E-state index >= 15 is 0 Å². The molecule has 0 fully saturated rings. The second-order valence-corrected chi connectivity index (χ2v) is 0.500. The predicted octanol–water partition coefficient (Wildman–Crippen LogP) is 0.673. The van der Waals surface area contributed by atoms with Crippen LogP contribution in [0.1, 0.15) is 13.3 Å². The van der Waals surface area contributed by atoms with E-state index < -0.39 is 0 Å². The van der Waals surface area contributed by atoms with Crippen LogP contribution in [-0.2, 0) is 0 Å². The number of rotatable bonds is 0. The van der Waals surface area contributed by atoms with Crippen molar-refractivity contribution in [3.63, 3.8) is 0 Å². The van der Waals surface area contributed by atoms with Crippen molar-refractivity contribution in [2.24, 2.45) is 0 Å². The maximum atomic E-state index is 3.49. The van der Waals surface area contributed by atoms with Gasteiger partial charge in [0.25, 0.3) is 0 Å². The van der Waals surface area contributed by atoms with Gasteiger partial charge in [0, 0.05) is 0 Å². The first-order valence-corrected chi connectivity index (χ1v) is 1.21. The summed E-state index contributed by atoms with van der Waals surface area (Å²) in [5.74, 6) is 0. The van der Waals surface area contributed by atoms with Crippen molar-refractivity contribution in [2.45, 2.75) is 13.3 Å². The van der Waals surface area contributed by atoms with Gasteiger partial charge < -0.3 is 12.4 Å². The molecule has 2 heteroatoms. The Labute approximate surface area is 73.5 Å².